The first-order valence-electron chi connectivity index (χ1n) is 8.34. The van der Waals surface area contributed by atoms with Crippen molar-refractivity contribution in [3.05, 3.63) is 35.6 Å². The summed E-state index contributed by atoms with van der Waals surface area (Å²) >= 11 is 1.57. The van der Waals surface area contributed by atoms with Gasteiger partial charge in [0.1, 0.15) is 5.01 Å². The second kappa shape index (κ2) is 7.68. The van der Waals surface area contributed by atoms with Gasteiger partial charge in [0.2, 0.25) is 5.91 Å². The van der Waals surface area contributed by atoms with Gasteiger partial charge in [-0.05, 0) is 25.0 Å². The molecule has 2 heterocycles. The number of amides is 1. The Morgan fingerprint density at radius 1 is 1.30 bits per heavy atom. The van der Waals surface area contributed by atoms with Crippen molar-refractivity contribution in [3.8, 4) is 10.6 Å². The molecule has 1 saturated carbocycles. The van der Waals surface area contributed by atoms with E-state index in [9.17, 15) is 4.79 Å². The third-order valence-corrected chi connectivity index (χ3v) is 5.50. The minimum absolute atomic E-state index is 0.180. The lowest BCUT2D eigenvalue weighted by atomic mass is 10.1. The molecule has 1 aliphatic rings. The SMILES string of the molecule is CN(C(=O)Cc1csc(-c2cccnc2)n1)C1CCCCCC1. The summed E-state index contributed by atoms with van der Waals surface area (Å²) < 4.78 is 0. The third kappa shape index (κ3) is 4.16. The van der Waals surface area contributed by atoms with Gasteiger partial charge in [-0.15, -0.1) is 11.3 Å². The second-order valence-corrected chi connectivity index (χ2v) is 7.07. The van der Waals surface area contributed by atoms with Gasteiger partial charge >= 0.3 is 0 Å². The van der Waals surface area contributed by atoms with Crippen LogP contribution < -0.4 is 0 Å². The molecule has 0 atom stereocenters. The van der Waals surface area contributed by atoms with Crippen molar-refractivity contribution in [1.29, 1.82) is 0 Å². The van der Waals surface area contributed by atoms with E-state index < -0.39 is 0 Å². The Balaban J connectivity index is 1.62. The molecule has 2 aromatic rings. The van der Waals surface area contributed by atoms with Crippen LogP contribution in [-0.4, -0.2) is 33.9 Å². The number of carbonyl (C=O) groups excluding carboxylic acids is 1. The molecular formula is C18H23N3OS. The van der Waals surface area contributed by atoms with Crippen LogP contribution in [0.1, 0.15) is 44.2 Å². The quantitative estimate of drug-likeness (QED) is 0.799. The monoisotopic (exact) mass is 329 g/mol. The van der Waals surface area contributed by atoms with E-state index in [0.29, 0.717) is 12.5 Å². The van der Waals surface area contributed by atoms with Crippen LogP contribution >= 0.6 is 11.3 Å². The zero-order valence-electron chi connectivity index (χ0n) is 13.6. The average molecular weight is 329 g/mol. The number of rotatable bonds is 4. The van der Waals surface area contributed by atoms with Crippen LogP contribution in [0.5, 0.6) is 0 Å². The van der Waals surface area contributed by atoms with E-state index in [2.05, 4.69) is 9.97 Å². The molecule has 0 radical (unpaired) electrons. The first kappa shape index (κ1) is 16.1. The molecule has 0 spiro atoms. The predicted octanol–water partition coefficient (Wildman–Crippen LogP) is 3.93. The van der Waals surface area contributed by atoms with Crippen molar-refractivity contribution in [3.63, 3.8) is 0 Å². The van der Waals surface area contributed by atoms with Crippen LogP contribution in [0, 0.1) is 0 Å². The van der Waals surface area contributed by atoms with Crippen LogP contribution in [-0.2, 0) is 11.2 Å². The van der Waals surface area contributed by atoms with Crippen molar-refractivity contribution in [1.82, 2.24) is 14.9 Å². The van der Waals surface area contributed by atoms with Crippen molar-refractivity contribution in [2.45, 2.75) is 51.0 Å². The molecule has 1 aliphatic carbocycles. The molecule has 3 rings (SSSR count). The van der Waals surface area contributed by atoms with Gasteiger partial charge in [-0.3, -0.25) is 9.78 Å². The maximum atomic E-state index is 12.5. The zero-order valence-corrected chi connectivity index (χ0v) is 14.4. The topological polar surface area (TPSA) is 46.1 Å². The van der Waals surface area contributed by atoms with Crippen LogP contribution in [0.15, 0.2) is 29.9 Å². The molecule has 0 aliphatic heterocycles. The molecule has 0 saturated heterocycles. The van der Waals surface area contributed by atoms with Gasteiger partial charge in [0, 0.05) is 36.4 Å². The minimum atomic E-state index is 0.180. The summed E-state index contributed by atoms with van der Waals surface area (Å²) in [6.07, 6.45) is 11.3. The fourth-order valence-electron chi connectivity index (χ4n) is 3.14. The normalized spacial score (nSPS) is 16.0. The molecule has 2 aromatic heterocycles. The summed E-state index contributed by atoms with van der Waals surface area (Å²) in [4.78, 5) is 23.2. The summed E-state index contributed by atoms with van der Waals surface area (Å²) in [6, 6.07) is 4.30. The Morgan fingerprint density at radius 2 is 2.09 bits per heavy atom. The third-order valence-electron chi connectivity index (χ3n) is 4.56. The number of hydrogen-bond acceptors (Lipinski definition) is 4. The molecule has 4 nitrogen and oxygen atoms in total. The number of likely N-dealkylation sites (N-methyl/N-ethyl adjacent to an activating group) is 1. The number of carbonyl (C=O) groups is 1. The first-order chi connectivity index (χ1) is 11.2. The number of hydrogen-bond donors (Lipinski definition) is 0. The standard InChI is InChI=1S/C18H23N3OS/c1-21(16-8-4-2-3-5-9-16)17(22)11-15-13-23-18(20-15)14-7-6-10-19-12-14/h6-7,10,12-13,16H,2-5,8-9,11H2,1H3. The Morgan fingerprint density at radius 3 is 2.78 bits per heavy atom. The maximum Gasteiger partial charge on any atom is 0.228 e. The van der Waals surface area contributed by atoms with Gasteiger partial charge in [0.05, 0.1) is 12.1 Å². The molecular weight excluding hydrogens is 306 g/mol. The predicted molar refractivity (Wildman–Crippen MR) is 93.3 cm³/mol. The van der Waals surface area contributed by atoms with Crippen LogP contribution in [0.3, 0.4) is 0 Å². The lowest BCUT2D eigenvalue weighted by Gasteiger charge is -2.27. The molecule has 23 heavy (non-hydrogen) atoms. The smallest absolute Gasteiger partial charge is 0.228 e. The summed E-state index contributed by atoms with van der Waals surface area (Å²) in [6.45, 7) is 0. The van der Waals surface area contributed by atoms with E-state index in [1.807, 2.05) is 35.7 Å². The molecule has 1 fully saturated rings. The Kier molecular flexibility index (Phi) is 5.39. The van der Waals surface area contributed by atoms with Crippen molar-refractivity contribution < 1.29 is 4.79 Å². The Bertz CT molecular complexity index is 633. The van der Waals surface area contributed by atoms with Crippen LogP contribution in [0.2, 0.25) is 0 Å². The Labute approximate surface area is 141 Å². The van der Waals surface area contributed by atoms with E-state index >= 15 is 0 Å². The van der Waals surface area contributed by atoms with E-state index in [1.165, 1.54) is 25.7 Å². The second-order valence-electron chi connectivity index (χ2n) is 6.21. The number of thiazole rings is 1. The lowest BCUT2D eigenvalue weighted by molar-refractivity contribution is -0.131. The van der Waals surface area contributed by atoms with E-state index in [0.717, 1.165) is 29.1 Å². The molecule has 0 aromatic carbocycles. The van der Waals surface area contributed by atoms with Crippen molar-refractivity contribution in [2.75, 3.05) is 7.05 Å². The van der Waals surface area contributed by atoms with E-state index in [-0.39, 0.29) is 5.91 Å². The van der Waals surface area contributed by atoms with Crippen molar-refractivity contribution in [2.24, 2.45) is 0 Å². The number of aromatic nitrogens is 2. The summed E-state index contributed by atoms with van der Waals surface area (Å²) in [7, 11) is 1.95. The van der Waals surface area contributed by atoms with Gasteiger partial charge in [-0.25, -0.2) is 4.98 Å². The molecule has 1 amide bonds. The van der Waals surface area contributed by atoms with Crippen LogP contribution in [0.25, 0.3) is 10.6 Å². The summed E-state index contributed by atoms with van der Waals surface area (Å²) in [5.74, 6) is 0.180. The Hall–Kier alpha value is -1.75. The molecule has 0 bridgehead atoms. The van der Waals surface area contributed by atoms with Crippen molar-refractivity contribution >= 4 is 17.2 Å². The molecule has 5 heteroatoms. The number of pyridine rings is 1. The largest absolute Gasteiger partial charge is 0.342 e. The fraction of sp³-hybridized carbons (Fsp3) is 0.500. The maximum absolute atomic E-state index is 12.5. The fourth-order valence-corrected chi connectivity index (χ4v) is 3.95. The first-order valence-corrected chi connectivity index (χ1v) is 9.22. The highest BCUT2D eigenvalue weighted by molar-refractivity contribution is 7.13. The van der Waals surface area contributed by atoms with Gasteiger partial charge in [0.25, 0.3) is 0 Å². The highest BCUT2D eigenvalue weighted by Crippen LogP contribution is 2.24. The van der Waals surface area contributed by atoms with Crippen LogP contribution in [0.4, 0.5) is 0 Å². The highest BCUT2D eigenvalue weighted by Gasteiger charge is 2.22. The summed E-state index contributed by atoms with van der Waals surface area (Å²) in [5, 5.41) is 2.92. The highest BCUT2D eigenvalue weighted by atomic mass is 32.1. The van der Waals surface area contributed by atoms with Gasteiger partial charge in [-0.2, -0.15) is 0 Å². The lowest BCUT2D eigenvalue weighted by Crippen LogP contribution is -2.37. The van der Waals surface area contributed by atoms with Gasteiger partial charge < -0.3 is 4.90 Å². The van der Waals surface area contributed by atoms with E-state index in [4.69, 9.17) is 0 Å². The van der Waals surface area contributed by atoms with Gasteiger partial charge in [-0.1, -0.05) is 25.7 Å². The minimum Gasteiger partial charge on any atom is -0.342 e. The summed E-state index contributed by atoms with van der Waals surface area (Å²) in [5.41, 5.74) is 1.87. The zero-order chi connectivity index (χ0) is 16.1. The molecule has 0 unspecified atom stereocenters. The molecule has 0 N–H and O–H groups in total. The van der Waals surface area contributed by atoms with Gasteiger partial charge in [0.15, 0.2) is 0 Å². The van der Waals surface area contributed by atoms with E-state index in [1.54, 1.807) is 17.5 Å². The number of nitrogens with zero attached hydrogens (tertiary/aromatic N) is 3. The molecule has 122 valence electrons. The average Bonchev–Trinajstić information content (AvgIpc) is 2.88.